The summed E-state index contributed by atoms with van der Waals surface area (Å²) in [5, 5.41) is 15.2. The van der Waals surface area contributed by atoms with E-state index < -0.39 is 16.0 Å². The standard InChI is InChI=1S/C26H25N5O7S/c1-36-21-14-19(15-22(37-2)24(21)38-3)28-23-12-13-27-26(30-23)29-17-6-8-18(9-7-17)31-39(34,35)20-10-4-16(5-11-20)25(32)33/h4-15,31H,1-3H3,(H,32,33)(H2,27,28,29,30). The predicted octanol–water partition coefficient (Wildman–Crippen LogP) is 4.49. The number of sulfonamides is 1. The minimum absolute atomic E-state index is 0.00526. The van der Waals surface area contributed by atoms with Crippen LogP contribution in [-0.2, 0) is 10.0 Å². The van der Waals surface area contributed by atoms with Crippen molar-refractivity contribution in [3.63, 3.8) is 0 Å². The van der Waals surface area contributed by atoms with E-state index in [0.29, 0.717) is 46.1 Å². The van der Waals surface area contributed by atoms with E-state index in [0.717, 1.165) is 0 Å². The Hall–Kier alpha value is -5.04. The molecule has 1 heterocycles. The molecule has 4 N–H and O–H groups in total. The molecule has 202 valence electrons. The first-order valence-corrected chi connectivity index (χ1v) is 12.8. The van der Waals surface area contributed by atoms with Gasteiger partial charge >= 0.3 is 5.97 Å². The molecule has 0 aliphatic carbocycles. The summed E-state index contributed by atoms with van der Waals surface area (Å²) < 4.78 is 43.9. The van der Waals surface area contributed by atoms with Crippen LogP contribution in [0.25, 0.3) is 0 Å². The Kier molecular flexibility index (Phi) is 8.01. The number of carboxylic acids is 1. The van der Waals surface area contributed by atoms with E-state index in [1.807, 2.05) is 0 Å². The third-order valence-corrected chi connectivity index (χ3v) is 6.79. The minimum Gasteiger partial charge on any atom is -0.493 e. The Morgan fingerprint density at radius 3 is 1.97 bits per heavy atom. The number of hydrogen-bond acceptors (Lipinski definition) is 10. The largest absolute Gasteiger partial charge is 0.493 e. The number of nitrogens with zero attached hydrogens (tertiary/aromatic N) is 2. The summed E-state index contributed by atoms with van der Waals surface area (Å²) in [5.74, 6) is 1.11. The Morgan fingerprint density at radius 2 is 1.41 bits per heavy atom. The average Bonchev–Trinajstić information content (AvgIpc) is 2.93. The van der Waals surface area contributed by atoms with E-state index in [1.54, 1.807) is 48.7 Å². The van der Waals surface area contributed by atoms with Crippen molar-refractivity contribution in [2.45, 2.75) is 4.90 Å². The third-order valence-electron chi connectivity index (χ3n) is 5.40. The van der Waals surface area contributed by atoms with Gasteiger partial charge in [0.15, 0.2) is 11.5 Å². The third kappa shape index (κ3) is 6.45. The molecule has 0 aliphatic heterocycles. The highest BCUT2D eigenvalue weighted by atomic mass is 32.2. The summed E-state index contributed by atoms with van der Waals surface area (Å²) in [6, 6.07) is 16.6. The fourth-order valence-corrected chi connectivity index (χ4v) is 4.59. The Labute approximate surface area is 224 Å². The Morgan fingerprint density at radius 1 is 0.795 bits per heavy atom. The molecule has 0 radical (unpaired) electrons. The second-order valence-corrected chi connectivity index (χ2v) is 9.62. The molecule has 4 aromatic rings. The van der Waals surface area contributed by atoms with Crippen molar-refractivity contribution in [1.82, 2.24) is 9.97 Å². The van der Waals surface area contributed by atoms with Crippen LogP contribution in [0.2, 0.25) is 0 Å². The maximum atomic E-state index is 12.6. The maximum Gasteiger partial charge on any atom is 0.335 e. The van der Waals surface area contributed by atoms with Crippen molar-refractivity contribution in [1.29, 1.82) is 0 Å². The summed E-state index contributed by atoms with van der Waals surface area (Å²) >= 11 is 0. The van der Waals surface area contributed by atoms with Gasteiger partial charge in [0.1, 0.15) is 5.82 Å². The molecular formula is C26H25N5O7S. The predicted molar refractivity (Wildman–Crippen MR) is 145 cm³/mol. The zero-order chi connectivity index (χ0) is 28.0. The van der Waals surface area contributed by atoms with Crippen LogP contribution in [0.15, 0.2) is 77.8 Å². The summed E-state index contributed by atoms with van der Waals surface area (Å²) in [6.45, 7) is 0. The van der Waals surface area contributed by atoms with Gasteiger partial charge in [0.25, 0.3) is 10.0 Å². The second kappa shape index (κ2) is 11.6. The number of rotatable bonds is 11. The molecule has 0 fully saturated rings. The zero-order valence-electron chi connectivity index (χ0n) is 21.1. The maximum absolute atomic E-state index is 12.6. The molecule has 0 atom stereocenters. The van der Waals surface area contributed by atoms with E-state index in [-0.39, 0.29) is 10.5 Å². The van der Waals surface area contributed by atoms with Crippen molar-refractivity contribution in [3.05, 3.63) is 78.5 Å². The van der Waals surface area contributed by atoms with Crippen molar-refractivity contribution >= 4 is 44.8 Å². The van der Waals surface area contributed by atoms with Gasteiger partial charge < -0.3 is 30.0 Å². The first kappa shape index (κ1) is 27.0. The number of anilines is 5. The van der Waals surface area contributed by atoms with E-state index in [9.17, 15) is 13.2 Å². The summed E-state index contributed by atoms with van der Waals surface area (Å²) in [5.41, 5.74) is 1.59. The molecule has 12 nitrogen and oxygen atoms in total. The lowest BCUT2D eigenvalue weighted by Crippen LogP contribution is -2.13. The summed E-state index contributed by atoms with van der Waals surface area (Å²) in [4.78, 5) is 19.6. The zero-order valence-corrected chi connectivity index (χ0v) is 21.9. The Balaban J connectivity index is 1.44. The number of carbonyl (C=O) groups is 1. The van der Waals surface area contributed by atoms with Crippen LogP contribution in [0.3, 0.4) is 0 Å². The molecule has 0 amide bonds. The molecule has 39 heavy (non-hydrogen) atoms. The molecule has 0 spiro atoms. The van der Waals surface area contributed by atoms with E-state index in [2.05, 4.69) is 25.3 Å². The summed E-state index contributed by atoms with van der Waals surface area (Å²) in [6.07, 6.45) is 1.58. The smallest absolute Gasteiger partial charge is 0.335 e. The van der Waals surface area contributed by atoms with Gasteiger partial charge in [-0.25, -0.2) is 18.2 Å². The van der Waals surface area contributed by atoms with Gasteiger partial charge in [-0.05, 0) is 54.6 Å². The number of carboxylic acid groups (broad SMARTS) is 1. The number of benzene rings is 3. The minimum atomic E-state index is -3.90. The fourth-order valence-electron chi connectivity index (χ4n) is 3.53. The molecule has 4 rings (SSSR count). The van der Waals surface area contributed by atoms with Gasteiger partial charge in [0.2, 0.25) is 11.7 Å². The molecule has 0 unspecified atom stereocenters. The molecule has 1 aromatic heterocycles. The highest BCUT2D eigenvalue weighted by molar-refractivity contribution is 7.92. The summed E-state index contributed by atoms with van der Waals surface area (Å²) in [7, 11) is 0.688. The molecule has 0 bridgehead atoms. The van der Waals surface area contributed by atoms with E-state index >= 15 is 0 Å². The van der Waals surface area contributed by atoms with Crippen LogP contribution in [0.5, 0.6) is 17.2 Å². The van der Waals surface area contributed by atoms with Gasteiger partial charge in [-0.2, -0.15) is 4.98 Å². The monoisotopic (exact) mass is 551 g/mol. The number of hydrogen-bond donors (Lipinski definition) is 4. The number of aromatic carboxylic acids is 1. The fraction of sp³-hybridized carbons (Fsp3) is 0.115. The van der Waals surface area contributed by atoms with Gasteiger partial charge in [0, 0.05) is 35.4 Å². The lowest BCUT2D eigenvalue weighted by molar-refractivity contribution is 0.0696. The average molecular weight is 552 g/mol. The first-order chi connectivity index (χ1) is 18.7. The van der Waals surface area contributed by atoms with Crippen molar-refractivity contribution in [2.24, 2.45) is 0 Å². The van der Waals surface area contributed by atoms with E-state index in [4.69, 9.17) is 19.3 Å². The number of nitrogens with one attached hydrogen (secondary N) is 3. The van der Waals surface area contributed by atoms with Gasteiger partial charge in [-0.1, -0.05) is 0 Å². The molecular weight excluding hydrogens is 526 g/mol. The van der Waals surface area contributed by atoms with Crippen LogP contribution in [-0.4, -0.2) is 50.8 Å². The quantitative estimate of drug-likeness (QED) is 0.208. The van der Waals surface area contributed by atoms with Crippen LogP contribution < -0.4 is 29.6 Å². The van der Waals surface area contributed by atoms with Crippen LogP contribution >= 0.6 is 0 Å². The van der Waals surface area contributed by atoms with Crippen LogP contribution in [0, 0.1) is 0 Å². The highest BCUT2D eigenvalue weighted by Crippen LogP contribution is 2.40. The molecule has 13 heteroatoms. The normalized spacial score (nSPS) is 10.8. The lowest BCUT2D eigenvalue weighted by atomic mass is 10.2. The number of ether oxygens (including phenoxy) is 3. The number of methoxy groups -OCH3 is 3. The number of aromatic nitrogens is 2. The van der Waals surface area contributed by atoms with Gasteiger partial charge in [0.05, 0.1) is 31.8 Å². The van der Waals surface area contributed by atoms with Crippen molar-refractivity contribution < 1.29 is 32.5 Å². The lowest BCUT2D eigenvalue weighted by Gasteiger charge is -2.15. The molecule has 0 aliphatic rings. The molecule has 0 saturated heterocycles. The highest BCUT2D eigenvalue weighted by Gasteiger charge is 2.16. The first-order valence-electron chi connectivity index (χ1n) is 11.4. The van der Waals surface area contributed by atoms with Crippen molar-refractivity contribution in [2.75, 3.05) is 36.7 Å². The molecule has 0 saturated carbocycles. The Bertz CT molecular complexity index is 1550. The van der Waals surface area contributed by atoms with E-state index in [1.165, 1.54) is 45.6 Å². The van der Waals surface area contributed by atoms with Gasteiger partial charge in [-0.15, -0.1) is 0 Å². The van der Waals surface area contributed by atoms with Crippen LogP contribution in [0.4, 0.5) is 28.8 Å². The SMILES string of the molecule is COc1cc(Nc2ccnc(Nc3ccc(NS(=O)(=O)c4ccc(C(=O)O)cc4)cc3)n2)cc(OC)c1OC. The van der Waals surface area contributed by atoms with Crippen molar-refractivity contribution in [3.8, 4) is 17.2 Å². The second-order valence-electron chi connectivity index (χ2n) is 7.94. The van der Waals surface area contributed by atoms with Crippen LogP contribution in [0.1, 0.15) is 10.4 Å². The molecule has 3 aromatic carbocycles. The topological polar surface area (TPSA) is 161 Å². The van der Waals surface area contributed by atoms with Gasteiger partial charge in [-0.3, -0.25) is 4.72 Å².